The summed E-state index contributed by atoms with van der Waals surface area (Å²) in [6.45, 7) is 9.38. The first kappa shape index (κ1) is 14.6. The van der Waals surface area contributed by atoms with Gasteiger partial charge in [-0.3, -0.25) is 0 Å². The second-order valence-electron chi connectivity index (χ2n) is 5.28. The van der Waals surface area contributed by atoms with Crippen molar-refractivity contribution in [2.24, 2.45) is 0 Å². The molecule has 17 heavy (non-hydrogen) atoms. The largest absolute Gasteiger partial charge is 0.464 e. The Morgan fingerprint density at radius 3 is 2.59 bits per heavy atom. The van der Waals surface area contributed by atoms with E-state index in [1.807, 2.05) is 19.1 Å². The third-order valence-electron chi connectivity index (χ3n) is 2.28. The highest BCUT2D eigenvalue weighted by Gasteiger charge is 2.10. The van der Waals surface area contributed by atoms with Crippen LogP contribution in [-0.4, -0.2) is 22.5 Å². The molecule has 0 amide bonds. The zero-order valence-electron chi connectivity index (χ0n) is 11.1. The highest BCUT2D eigenvalue weighted by molar-refractivity contribution is 7.99. The molecule has 1 aromatic heterocycles. The molecule has 0 aromatic carbocycles. The van der Waals surface area contributed by atoms with Crippen molar-refractivity contribution >= 4 is 11.8 Å². The van der Waals surface area contributed by atoms with Crippen molar-refractivity contribution < 1.29 is 9.52 Å². The number of aliphatic hydroxyl groups excluding tert-OH is 1. The molecule has 98 valence electrons. The molecule has 1 unspecified atom stereocenters. The maximum Gasteiger partial charge on any atom is 0.118 e. The molecule has 0 aliphatic carbocycles. The van der Waals surface area contributed by atoms with Gasteiger partial charge in [0.25, 0.3) is 0 Å². The second-order valence-corrected chi connectivity index (χ2v) is 6.70. The molecule has 1 rings (SSSR count). The van der Waals surface area contributed by atoms with E-state index in [9.17, 15) is 0 Å². The normalized spacial score (nSPS) is 13.9. The third-order valence-corrected chi connectivity index (χ3v) is 3.45. The van der Waals surface area contributed by atoms with Crippen molar-refractivity contribution in [1.29, 1.82) is 0 Å². The van der Waals surface area contributed by atoms with Crippen molar-refractivity contribution in [1.82, 2.24) is 5.32 Å². The van der Waals surface area contributed by atoms with E-state index in [0.717, 1.165) is 23.8 Å². The molecule has 1 aromatic rings. The van der Waals surface area contributed by atoms with Crippen LogP contribution in [0, 0.1) is 0 Å². The molecule has 4 heteroatoms. The standard InChI is InChI=1S/C13H23NO2S/c1-10(8-15)17-9-12-6-5-11(16-12)7-14-13(2,3)4/h5-6,10,14-15H,7-9H2,1-4H3. The van der Waals surface area contributed by atoms with Crippen molar-refractivity contribution in [2.75, 3.05) is 6.61 Å². The second kappa shape index (κ2) is 6.47. The van der Waals surface area contributed by atoms with Crippen LogP contribution in [0.15, 0.2) is 16.5 Å². The molecule has 0 saturated carbocycles. The van der Waals surface area contributed by atoms with Gasteiger partial charge in [0, 0.05) is 10.8 Å². The van der Waals surface area contributed by atoms with Gasteiger partial charge in [-0.05, 0) is 32.9 Å². The highest BCUT2D eigenvalue weighted by Crippen LogP contribution is 2.19. The lowest BCUT2D eigenvalue weighted by atomic mass is 10.1. The number of aliphatic hydroxyl groups is 1. The molecule has 0 aliphatic heterocycles. The molecule has 0 aliphatic rings. The molecule has 0 bridgehead atoms. The van der Waals surface area contributed by atoms with Crippen molar-refractivity contribution in [3.63, 3.8) is 0 Å². The van der Waals surface area contributed by atoms with Crippen LogP contribution in [0.3, 0.4) is 0 Å². The molecular formula is C13H23NO2S. The van der Waals surface area contributed by atoms with Gasteiger partial charge in [0.2, 0.25) is 0 Å². The van der Waals surface area contributed by atoms with Gasteiger partial charge in [-0.1, -0.05) is 6.92 Å². The van der Waals surface area contributed by atoms with Gasteiger partial charge in [0.15, 0.2) is 0 Å². The Morgan fingerprint density at radius 1 is 1.35 bits per heavy atom. The summed E-state index contributed by atoms with van der Waals surface area (Å²) in [4.78, 5) is 0. The van der Waals surface area contributed by atoms with E-state index < -0.39 is 0 Å². The van der Waals surface area contributed by atoms with Gasteiger partial charge >= 0.3 is 0 Å². The summed E-state index contributed by atoms with van der Waals surface area (Å²) in [6, 6.07) is 4.02. The number of hydrogen-bond donors (Lipinski definition) is 2. The predicted molar refractivity (Wildman–Crippen MR) is 73.1 cm³/mol. The van der Waals surface area contributed by atoms with E-state index in [1.54, 1.807) is 11.8 Å². The summed E-state index contributed by atoms with van der Waals surface area (Å²) in [5.74, 6) is 2.75. The lowest BCUT2D eigenvalue weighted by Gasteiger charge is -2.19. The minimum Gasteiger partial charge on any atom is -0.464 e. The fraction of sp³-hybridized carbons (Fsp3) is 0.692. The summed E-state index contributed by atoms with van der Waals surface area (Å²) >= 11 is 1.70. The highest BCUT2D eigenvalue weighted by atomic mass is 32.2. The summed E-state index contributed by atoms with van der Waals surface area (Å²) in [5.41, 5.74) is 0.104. The van der Waals surface area contributed by atoms with Crippen molar-refractivity contribution in [3.8, 4) is 0 Å². The Bertz CT molecular complexity index is 330. The van der Waals surface area contributed by atoms with E-state index in [2.05, 4.69) is 26.1 Å². The van der Waals surface area contributed by atoms with Crippen molar-refractivity contribution in [2.45, 2.75) is 50.8 Å². The fourth-order valence-corrected chi connectivity index (χ4v) is 1.93. The van der Waals surface area contributed by atoms with Gasteiger partial charge in [-0.25, -0.2) is 0 Å². The van der Waals surface area contributed by atoms with Gasteiger partial charge in [0.05, 0.1) is 18.9 Å². The molecule has 0 fully saturated rings. The van der Waals surface area contributed by atoms with Gasteiger partial charge in [0.1, 0.15) is 11.5 Å². The van der Waals surface area contributed by atoms with Crippen LogP contribution in [0.1, 0.15) is 39.2 Å². The predicted octanol–water partition coefficient (Wildman–Crippen LogP) is 2.78. The monoisotopic (exact) mass is 257 g/mol. The zero-order chi connectivity index (χ0) is 12.9. The average molecular weight is 257 g/mol. The Balaban J connectivity index is 2.37. The minimum absolute atomic E-state index is 0.104. The first-order valence-electron chi connectivity index (χ1n) is 5.96. The maximum atomic E-state index is 8.93. The van der Waals surface area contributed by atoms with E-state index in [4.69, 9.17) is 9.52 Å². The van der Waals surface area contributed by atoms with Crippen LogP contribution in [0.4, 0.5) is 0 Å². The smallest absolute Gasteiger partial charge is 0.118 e. The van der Waals surface area contributed by atoms with Gasteiger partial charge < -0.3 is 14.8 Å². The van der Waals surface area contributed by atoms with Crippen molar-refractivity contribution in [3.05, 3.63) is 23.7 Å². The quantitative estimate of drug-likeness (QED) is 0.822. The number of furan rings is 1. The average Bonchev–Trinajstić information content (AvgIpc) is 2.70. The molecule has 1 heterocycles. The molecule has 0 saturated heterocycles. The number of thioether (sulfide) groups is 1. The number of rotatable bonds is 6. The SMILES string of the molecule is CC(CO)SCc1ccc(CNC(C)(C)C)o1. The van der Waals surface area contributed by atoms with Crippen LogP contribution in [0.2, 0.25) is 0 Å². The molecule has 1 atom stereocenters. The van der Waals surface area contributed by atoms with E-state index >= 15 is 0 Å². The van der Waals surface area contributed by atoms with Gasteiger partial charge in [-0.2, -0.15) is 0 Å². The lowest BCUT2D eigenvalue weighted by molar-refractivity contribution is 0.300. The maximum absolute atomic E-state index is 8.93. The Morgan fingerprint density at radius 2 is 2.00 bits per heavy atom. The molecule has 2 N–H and O–H groups in total. The summed E-state index contributed by atoms with van der Waals surface area (Å²) in [7, 11) is 0. The first-order valence-corrected chi connectivity index (χ1v) is 7.00. The van der Waals surface area contributed by atoms with E-state index in [1.165, 1.54) is 0 Å². The first-order chi connectivity index (χ1) is 7.90. The Kier molecular flexibility index (Phi) is 5.56. The summed E-state index contributed by atoms with van der Waals surface area (Å²) in [6.07, 6.45) is 0. The topological polar surface area (TPSA) is 45.4 Å². The molecule has 0 spiro atoms. The van der Waals surface area contributed by atoms with E-state index in [-0.39, 0.29) is 17.4 Å². The van der Waals surface area contributed by atoms with Gasteiger partial charge in [-0.15, -0.1) is 11.8 Å². The minimum atomic E-state index is 0.104. The third kappa shape index (κ3) is 6.15. The Hall–Kier alpha value is -0.450. The summed E-state index contributed by atoms with van der Waals surface area (Å²) in [5, 5.41) is 12.6. The fourth-order valence-electron chi connectivity index (χ4n) is 1.22. The zero-order valence-corrected chi connectivity index (χ0v) is 11.9. The number of hydrogen-bond acceptors (Lipinski definition) is 4. The summed E-state index contributed by atoms with van der Waals surface area (Å²) < 4.78 is 5.71. The molecule has 0 radical (unpaired) electrons. The van der Waals surface area contributed by atoms with Crippen LogP contribution < -0.4 is 5.32 Å². The number of nitrogens with one attached hydrogen (secondary N) is 1. The molecule has 3 nitrogen and oxygen atoms in total. The van der Waals surface area contributed by atoms with E-state index in [0.29, 0.717) is 0 Å². The van der Waals surface area contributed by atoms with Crippen LogP contribution in [0.25, 0.3) is 0 Å². The van der Waals surface area contributed by atoms with Crippen LogP contribution >= 0.6 is 11.8 Å². The lowest BCUT2D eigenvalue weighted by Crippen LogP contribution is -2.34. The van der Waals surface area contributed by atoms with Crippen LogP contribution in [0.5, 0.6) is 0 Å². The molecular weight excluding hydrogens is 234 g/mol. The van der Waals surface area contributed by atoms with Crippen LogP contribution in [-0.2, 0) is 12.3 Å². The Labute approximate surface area is 108 Å².